The zero-order valence-electron chi connectivity index (χ0n) is 28.3. The molecule has 0 saturated carbocycles. The Morgan fingerprint density at radius 1 is 0.321 bits per heavy atom. The molecule has 1 aliphatic carbocycles. The third-order valence-corrected chi connectivity index (χ3v) is 12.1. The first-order chi connectivity index (χ1) is 26.3. The number of benzene rings is 9. The number of hydrogen-bond acceptors (Lipinski definition) is 4. The molecule has 4 heteroatoms. The van der Waals surface area contributed by atoms with Crippen molar-refractivity contribution in [1.82, 2.24) is 15.0 Å². The average Bonchev–Trinajstić information content (AvgIpc) is 3.76. The summed E-state index contributed by atoms with van der Waals surface area (Å²) in [6, 6.07) is 58.9. The standard InChI is InChI=1S/C49H27N3S/c1-2-12-30-25-32(24-23-28(30)11-1)47-50-48(40-26-31-13-3-4-16-33(31)34-17-5-6-18-35(34)40)52-49(51-47)46-44-38-21-10-15-29-14-9-20-36(43(29)38)39(44)27-42-45(46)37-19-7-8-22-41(37)53-42/h1-27H. The van der Waals surface area contributed by atoms with Crippen LogP contribution in [0.5, 0.6) is 0 Å². The molecule has 0 amide bonds. The van der Waals surface area contributed by atoms with Crippen molar-refractivity contribution in [2.24, 2.45) is 0 Å². The molecule has 0 N–H and O–H groups in total. The SMILES string of the molecule is c1ccc2cc(-c3nc(-c4cc5ccccc5c5ccccc45)nc(-c4c5c(cc6sc7ccccc7c46)-c4cccc6cccc-5c46)n3)ccc2c1. The lowest BCUT2D eigenvalue weighted by Crippen LogP contribution is -2.02. The Morgan fingerprint density at radius 3 is 1.85 bits per heavy atom. The molecule has 2 aromatic heterocycles. The summed E-state index contributed by atoms with van der Waals surface area (Å²) < 4.78 is 2.48. The lowest BCUT2D eigenvalue weighted by atomic mass is 9.93. The molecule has 1 aliphatic rings. The molecule has 0 aliphatic heterocycles. The van der Waals surface area contributed by atoms with E-state index in [1.54, 1.807) is 0 Å². The van der Waals surface area contributed by atoms with Crippen LogP contribution in [-0.2, 0) is 0 Å². The summed E-state index contributed by atoms with van der Waals surface area (Å²) in [4.78, 5) is 16.4. The number of aromatic nitrogens is 3. The van der Waals surface area contributed by atoms with E-state index in [1.807, 2.05) is 11.3 Å². The molecule has 53 heavy (non-hydrogen) atoms. The minimum Gasteiger partial charge on any atom is -0.208 e. The van der Waals surface area contributed by atoms with Gasteiger partial charge < -0.3 is 0 Å². The van der Waals surface area contributed by atoms with Crippen LogP contribution in [0, 0.1) is 0 Å². The van der Waals surface area contributed by atoms with Crippen molar-refractivity contribution < 1.29 is 0 Å². The van der Waals surface area contributed by atoms with Crippen molar-refractivity contribution in [3.63, 3.8) is 0 Å². The fourth-order valence-electron chi connectivity index (χ4n) is 8.68. The monoisotopic (exact) mass is 689 g/mol. The molecule has 244 valence electrons. The predicted octanol–water partition coefficient (Wildman–Crippen LogP) is 13.5. The Bertz CT molecular complexity index is 3350. The van der Waals surface area contributed by atoms with E-state index in [0.717, 1.165) is 32.8 Å². The Hall–Kier alpha value is -6.75. The summed E-state index contributed by atoms with van der Waals surface area (Å²) in [6.45, 7) is 0. The van der Waals surface area contributed by atoms with Crippen LogP contribution in [0.15, 0.2) is 164 Å². The largest absolute Gasteiger partial charge is 0.208 e. The molecular formula is C49H27N3S. The van der Waals surface area contributed by atoms with Crippen LogP contribution in [0.3, 0.4) is 0 Å². The first-order valence-electron chi connectivity index (χ1n) is 17.9. The topological polar surface area (TPSA) is 38.7 Å². The molecule has 0 radical (unpaired) electrons. The van der Waals surface area contributed by atoms with E-state index in [2.05, 4.69) is 164 Å². The van der Waals surface area contributed by atoms with Crippen molar-refractivity contribution >= 4 is 74.6 Å². The van der Waals surface area contributed by atoms with Gasteiger partial charge >= 0.3 is 0 Å². The lowest BCUT2D eigenvalue weighted by Gasteiger charge is -2.16. The Morgan fingerprint density at radius 2 is 0.981 bits per heavy atom. The highest BCUT2D eigenvalue weighted by atomic mass is 32.1. The molecule has 0 bridgehead atoms. The molecule has 0 atom stereocenters. The highest BCUT2D eigenvalue weighted by Gasteiger charge is 2.30. The average molecular weight is 690 g/mol. The highest BCUT2D eigenvalue weighted by molar-refractivity contribution is 7.26. The van der Waals surface area contributed by atoms with Crippen molar-refractivity contribution in [3.8, 4) is 56.4 Å². The van der Waals surface area contributed by atoms with E-state index in [1.165, 1.54) is 69.4 Å². The van der Waals surface area contributed by atoms with Crippen LogP contribution in [0.2, 0.25) is 0 Å². The summed E-state index contributed by atoms with van der Waals surface area (Å²) in [5.74, 6) is 2.01. The van der Waals surface area contributed by atoms with Gasteiger partial charge in [-0.3, -0.25) is 0 Å². The van der Waals surface area contributed by atoms with Crippen molar-refractivity contribution in [3.05, 3.63) is 164 Å². The molecular weight excluding hydrogens is 663 g/mol. The van der Waals surface area contributed by atoms with E-state index in [4.69, 9.17) is 15.0 Å². The lowest BCUT2D eigenvalue weighted by molar-refractivity contribution is 1.08. The van der Waals surface area contributed by atoms with E-state index >= 15 is 0 Å². The molecule has 12 rings (SSSR count). The zero-order valence-corrected chi connectivity index (χ0v) is 29.2. The molecule has 9 aromatic carbocycles. The molecule has 11 aromatic rings. The summed E-state index contributed by atoms with van der Waals surface area (Å²) in [5.41, 5.74) is 7.94. The highest BCUT2D eigenvalue weighted by Crippen LogP contribution is 2.55. The predicted molar refractivity (Wildman–Crippen MR) is 223 cm³/mol. The zero-order chi connectivity index (χ0) is 34.6. The van der Waals surface area contributed by atoms with E-state index in [0.29, 0.717) is 17.5 Å². The van der Waals surface area contributed by atoms with Gasteiger partial charge in [-0.2, -0.15) is 0 Å². The van der Waals surface area contributed by atoms with Gasteiger partial charge in [0, 0.05) is 42.4 Å². The maximum absolute atomic E-state index is 5.54. The smallest absolute Gasteiger partial charge is 0.165 e. The van der Waals surface area contributed by atoms with Crippen LogP contribution >= 0.6 is 11.3 Å². The van der Waals surface area contributed by atoms with Gasteiger partial charge in [0.25, 0.3) is 0 Å². The molecule has 0 saturated heterocycles. The van der Waals surface area contributed by atoms with Crippen LogP contribution in [0.1, 0.15) is 0 Å². The van der Waals surface area contributed by atoms with Gasteiger partial charge in [0.15, 0.2) is 17.5 Å². The molecule has 2 heterocycles. The van der Waals surface area contributed by atoms with E-state index < -0.39 is 0 Å². The third kappa shape index (κ3) is 4.18. The van der Waals surface area contributed by atoms with Gasteiger partial charge in [-0.15, -0.1) is 11.3 Å². The van der Waals surface area contributed by atoms with Gasteiger partial charge in [-0.25, -0.2) is 15.0 Å². The molecule has 3 nitrogen and oxygen atoms in total. The van der Waals surface area contributed by atoms with Crippen molar-refractivity contribution in [2.75, 3.05) is 0 Å². The van der Waals surface area contributed by atoms with E-state index in [-0.39, 0.29) is 0 Å². The van der Waals surface area contributed by atoms with Crippen LogP contribution in [-0.4, -0.2) is 15.0 Å². The summed E-state index contributed by atoms with van der Waals surface area (Å²) in [6.07, 6.45) is 0. The number of nitrogens with zero attached hydrogens (tertiary/aromatic N) is 3. The van der Waals surface area contributed by atoms with Gasteiger partial charge in [0.05, 0.1) is 0 Å². The van der Waals surface area contributed by atoms with Crippen LogP contribution in [0.25, 0.3) is 120 Å². The first kappa shape index (κ1) is 28.9. The second kappa shape index (κ2) is 10.9. The fraction of sp³-hybridized carbons (Fsp3) is 0. The molecule has 0 fully saturated rings. The quantitative estimate of drug-likeness (QED) is 0.173. The Kier molecular flexibility index (Phi) is 5.93. The van der Waals surface area contributed by atoms with Gasteiger partial charge in [0.1, 0.15) is 0 Å². The van der Waals surface area contributed by atoms with Crippen LogP contribution < -0.4 is 0 Å². The summed E-state index contributed by atoms with van der Waals surface area (Å²) in [7, 11) is 0. The minimum atomic E-state index is 0.659. The van der Waals surface area contributed by atoms with Crippen molar-refractivity contribution in [1.29, 1.82) is 0 Å². The van der Waals surface area contributed by atoms with Crippen LogP contribution in [0.4, 0.5) is 0 Å². The summed E-state index contributed by atoms with van der Waals surface area (Å²) in [5, 5.41) is 12.0. The molecule has 0 spiro atoms. The third-order valence-electron chi connectivity index (χ3n) is 11.0. The Balaban J connectivity index is 1.24. The van der Waals surface area contributed by atoms with Crippen molar-refractivity contribution in [2.45, 2.75) is 0 Å². The minimum absolute atomic E-state index is 0.659. The first-order valence-corrected chi connectivity index (χ1v) is 18.8. The van der Waals surface area contributed by atoms with Gasteiger partial charge in [-0.05, 0) is 84.0 Å². The maximum Gasteiger partial charge on any atom is 0.165 e. The second-order valence-corrected chi connectivity index (χ2v) is 15.0. The van der Waals surface area contributed by atoms with E-state index in [9.17, 15) is 0 Å². The summed E-state index contributed by atoms with van der Waals surface area (Å²) >= 11 is 1.84. The van der Waals surface area contributed by atoms with Gasteiger partial charge in [0.2, 0.25) is 0 Å². The maximum atomic E-state index is 5.54. The number of fused-ring (bicyclic) bond motifs is 10. The normalized spacial score (nSPS) is 12.2. The number of rotatable bonds is 3. The number of hydrogen-bond donors (Lipinski definition) is 0. The number of thiophene rings is 1. The van der Waals surface area contributed by atoms with Gasteiger partial charge in [-0.1, -0.05) is 140 Å². The fourth-order valence-corrected chi connectivity index (χ4v) is 9.84. The molecule has 0 unspecified atom stereocenters. The Labute approximate surface area is 308 Å². The second-order valence-electron chi connectivity index (χ2n) is 13.9.